The molecule has 0 aliphatic heterocycles. The first-order valence-corrected chi connectivity index (χ1v) is 5.24. The van der Waals surface area contributed by atoms with Crippen LogP contribution in [0.3, 0.4) is 0 Å². The van der Waals surface area contributed by atoms with Crippen molar-refractivity contribution < 1.29 is 9.57 Å². The van der Waals surface area contributed by atoms with Gasteiger partial charge in [0.15, 0.2) is 0 Å². The van der Waals surface area contributed by atoms with Crippen molar-refractivity contribution in [2.24, 2.45) is 0 Å². The van der Waals surface area contributed by atoms with E-state index in [1.165, 1.54) is 0 Å². The molecule has 1 rings (SSSR count). The highest BCUT2D eigenvalue weighted by Gasteiger charge is 2.02. The number of ether oxygens (including phenoxy) is 1. The third-order valence-corrected chi connectivity index (χ3v) is 2.24. The molecule has 4 heteroatoms. The van der Waals surface area contributed by atoms with Crippen molar-refractivity contribution in [2.75, 3.05) is 13.7 Å². The second-order valence-electron chi connectivity index (χ2n) is 2.71. The van der Waals surface area contributed by atoms with Crippen molar-refractivity contribution in [2.45, 2.75) is 13.5 Å². The summed E-state index contributed by atoms with van der Waals surface area (Å²) in [5.74, 6) is 0.861. The van der Waals surface area contributed by atoms with Crippen molar-refractivity contribution in [1.82, 2.24) is 5.48 Å². The number of rotatable bonds is 5. The SMILES string of the molecule is CCONCc1cc(Br)ccc1OC. The lowest BCUT2D eigenvalue weighted by molar-refractivity contribution is 0.0459. The zero-order valence-electron chi connectivity index (χ0n) is 8.34. The minimum atomic E-state index is 0.635. The summed E-state index contributed by atoms with van der Waals surface area (Å²) in [7, 11) is 1.66. The summed E-state index contributed by atoms with van der Waals surface area (Å²) >= 11 is 3.41. The van der Waals surface area contributed by atoms with Crippen LogP contribution in [0.5, 0.6) is 5.75 Å². The Bertz CT molecular complexity index is 291. The molecule has 0 spiro atoms. The Morgan fingerprint density at radius 1 is 1.43 bits per heavy atom. The molecule has 0 fully saturated rings. The van der Waals surface area contributed by atoms with Crippen LogP contribution in [0.1, 0.15) is 12.5 Å². The summed E-state index contributed by atoms with van der Waals surface area (Å²) in [6, 6.07) is 5.88. The third-order valence-electron chi connectivity index (χ3n) is 1.75. The number of benzene rings is 1. The van der Waals surface area contributed by atoms with E-state index in [1.54, 1.807) is 7.11 Å². The number of hydrogen-bond acceptors (Lipinski definition) is 3. The van der Waals surface area contributed by atoms with E-state index in [0.29, 0.717) is 13.2 Å². The molecular weight excluding hydrogens is 246 g/mol. The van der Waals surface area contributed by atoms with Crippen LogP contribution in [0.25, 0.3) is 0 Å². The molecule has 0 heterocycles. The topological polar surface area (TPSA) is 30.5 Å². The Morgan fingerprint density at radius 3 is 2.86 bits per heavy atom. The summed E-state index contributed by atoms with van der Waals surface area (Å²) in [5, 5.41) is 0. The number of nitrogens with one attached hydrogen (secondary N) is 1. The summed E-state index contributed by atoms with van der Waals surface area (Å²) in [5.41, 5.74) is 3.92. The van der Waals surface area contributed by atoms with Gasteiger partial charge in [-0.3, -0.25) is 0 Å². The Morgan fingerprint density at radius 2 is 2.21 bits per heavy atom. The Kier molecular flexibility index (Phi) is 4.93. The van der Waals surface area contributed by atoms with E-state index in [-0.39, 0.29) is 0 Å². The second kappa shape index (κ2) is 6.01. The smallest absolute Gasteiger partial charge is 0.123 e. The molecule has 0 unspecified atom stereocenters. The minimum absolute atomic E-state index is 0.635. The van der Waals surface area contributed by atoms with Crippen molar-refractivity contribution >= 4 is 15.9 Å². The molecular formula is C10H14BrNO2. The van der Waals surface area contributed by atoms with Gasteiger partial charge in [0.1, 0.15) is 5.75 Å². The normalized spacial score (nSPS) is 10.2. The number of hydroxylamine groups is 1. The molecule has 3 nitrogen and oxygen atoms in total. The van der Waals surface area contributed by atoms with Crippen LogP contribution in [0.15, 0.2) is 22.7 Å². The fraction of sp³-hybridized carbons (Fsp3) is 0.400. The molecule has 0 saturated carbocycles. The lowest BCUT2D eigenvalue weighted by Gasteiger charge is -2.09. The number of halogens is 1. The molecule has 1 N–H and O–H groups in total. The van der Waals surface area contributed by atoms with Crippen LogP contribution in [-0.4, -0.2) is 13.7 Å². The lowest BCUT2D eigenvalue weighted by Crippen LogP contribution is -2.14. The monoisotopic (exact) mass is 259 g/mol. The van der Waals surface area contributed by atoms with Crippen molar-refractivity contribution in [3.63, 3.8) is 0 Å². The highest BCUT2D eigenvalue weighted by molar-refractivity contribution is 9.10. The van der Waals surface area contributed by atoms with Gasteiger partial charge in [-0.25, -0.2) is 0 Å². The Balaban J connectivity index is 2.67. The van der Waals surface area contributed by atoms with Gasteiger partial charge >= 0.3 is 0 Å². The van der Waals surface area contributed by atoms with Crippen molar-refractivity contribution in [1.29, 1.82) is 0 Å². The van der Waals surface area contributed by atoms with E-state index in [9.17, 15) is 0 Å². The quantitative estimate of drug-likeness (QED) is 0.651. The van der Waals surface area contributed by atoms with Crippen LogP contribution < -0.4 is 10.2 Å². The lowest BCUT2D eigenvalue weighted by atomic mass is 10.2. The van der Waals surface area contributed by atoms with E-state index in [2.05, 4.69) is 21.4 Å². The van der Waals surface area contributed by atoms with Crippen molar-refractivity contribution in [3.8, 4) is 5.75 Å². The standard InChI is InChI=1S/C10H14BrNO2/c1-3-14-12-7-8-6-9(11)4-5-10(8)13-2/h4-6,12H,3,7H2,1-2H3. The van der Waals surface area contributed by atoms with Gasteiger partial charge in [-0.05, 0) is 25.1 Å². The average Bonchev–Trinajstić information content (AvgIpc) is 2.19. The van der Waals surface area contributed by atoms with Crippen molar-refractivity contribution in [3.05, 3.63) is 28.2 Å². The van der Waals surface area contributed by atoms with Gasteiger partial charge in [0.25, 0.3) is 0 Å². The molecule has 14 heavy (non-hydrogen) atoms. The fourth-order valence-electron chi connectivity index (χ4n) is 1.12. The average molecular weight is 260 g/mol. The predicted octanol–water partition coefficient (Wildman–Crippen LogP) is 2.50. The van der Waals surface area contributed by atoms with Crippen LogP contribution in [0.4, 0.5) is 0 Å². The number of methoxy groups -OCH3 is 1. The first-order chi connectivity index (χ1) is 6.77. The number of hydrogen-bond donors (Lipinski definition) is 1. The third kappa shape index (κ3) is 3.29. The predicted molar refractivity (Wildman–Crippen MR) is 59.2 cm³/mol. The zero-order valence-corrected chi connectivity index (χ0v) is 9.93. The van der Waals surface area contributed by atoms with E-state index in [1.807, 2.05) is 25.1 Å². The molecule has 1 aromatic carbocycles. The van der Waals surface area contributed by atoms with Gasteiger partial charge in [-0.1, -0.05) is 15.9 Å². The molecule has 1 aromatic rings. The maximum Gasteiger partial charge on any atom is 0.123 e. The maximum absolute atomic E-state index is 5.21. The maximum atomic E-state index is 5.21. The largest absolute Gasteiger partial charge is 0.496 e. The summed E-state index contributed by atoms with van der Waals surface area (Å²) in [6.45, 7) is 3.22. The van der Waals surface area contributed by atoms with E-state index in [0.717, 1.165) is 15.8 Å². The van der Waals surface area contributed by atoms with Gasteiger partial charge in [0, 0.05) is 16.6 Å². The van der Waals surface area contributed by atoms with E-state index in [4.69, 9.17) is 9.57 Å². The molecule has 0 aliphatic rings. The zero-order chi connectivity index (χ0) is 10.4. The van der Waals surface area contributed by atoms with Gasteiger partial charge in [-0.15, -0.1) is 0 Å². The van der Waals surface area contributed by atoms with Crippen LogP contribution in [0, 0.1) is 0 Å². The van der Waals surface area contributed by atoms with Gasteiger partial charge in [0.05, 0.1) is 13.7 Å². The Labute approximate surface area is 92.5 Å². The first-order valence-electron chi connectivity index (χ1n) is 4.45. The fourth-order valence-corrected chi connectivity index (χ4v) is 1.52. The first kappa shape index (κ1) is 11.5. The molecule has 0 saturated heterocycles. The minimum Gasteiger partial charge on any atom is -0.496 e. The Hall–Kier alpha value is -0.580. The van der Waals surface area contributed by atoms with Crippen LogP contribution >= 0.6 is 15.9 Å². The van der Waals surface area contributed by atoms with E-state index >= 15 is 0 Å². The molecule has 0 aliphatic carbocycles. The highest BCUT2D eigenvalue weighted by atomic mass is 79.9. The van der Waals surface area contributed by atoms with Gasteiger partial charge in [0.2, 0.25) is 0 Å². The summed E-state index contributed by atoms with van der Waals surface area (Å²) in [4.78, 5) is 5.06. The molecule has 0 amide bonds. The van der Waals surface area contributed by atoms with E-state index < -0.39 is 0 Å². The second-order valence-corrected chi connectivity index (χ2v) is 3.63. The summed E-state index contributed by atoms with van der Waals surface area (Å²) in [6.07, 6.45) is 0. The van der Waals surface area contributed by atoms with Gasteiger partial charge < -0.3 is 9.57 Å². The molecule has 0 aromatic heterocycles. The summed E-state index contributed by atoms with van der Waals surface area (Å²) < 4.78 is 6.25. The van der Waals surface area contributed by atoms with Gasteiger partial charge in [-0.2, -0.15) is 5.48 Å². The molecule has 0 atom stereocenters. The molecule has 78 valence electrons. The molecule has 0 radical (unpaired) electrons. The van der Waals surface area contributed by atoms with Crippen LogP contribution in [0.2, 0.25) is 0 Å². The highest BCUT2D eigenvalue weighted by Crippen LogP contribution is 2.22. The van der Waals surface area contributed by atoms with Crippen LogP contribution in [-0.2, 0) is 11.4 Å². The molecule has 0 bridgehead atoms.